The smallest absolute Gasteiger partial charge is 0.262 e. The molecule has 6 heteroatoms. The van der Waals surface area contributed by atoms with Gasteiger partial charge in [-0.15, -0.1) is 0 Å². The molecule has 1 fully saturated rings. The number of hydrogen-bond donors (Lipinski definition) is 1. The average molecular weight is 362 g/mol. The third-order valence-electron chi connectivity index (χ3n) is 4.57. The molecule has 0 bridgehead atoms. The third-order valence-corrected chi connectivity index (χ3v) is 6.11. The highest BCUT2D eigenvalue weighted by molar-refractivity contribution is 7.92. The minimum absolute atomic E-state index is 0.0860. The summed E-state index contributed by atoms with van der Waals surface area (Å²) in [4.78, 5) is 2.42. The molecule has 0 saturated carbocycles. The Balaban J connectivity index is 1.76. The van der Waals surface area contributed by atoms with Crippen molar-refractivity contribution in [1.29, 1.82) is 0 Å². The first kappa shape index (κ1) is 17.7. The van der Waals surface area contributed by atoms with E-state index < -0.39 is 15.8 Å². The maximum absolute atomic E-state index is 13.2. The van der Waals surface area contributed by atoms with Gasteiger partial charge in [0, 0.05) is 24.5 Å². The van der Waals surface area contributed by atoms with Crippen LogP contribution in [0.1, 0.15) is 25.3 Å². The summed E-state index contributed by atoms with van der Waals surface area (Å²) < 4.78 is 40.8. The number of piperidine rings is 1. The number of anilines is 2. The fourth-order valence-electron chi connectivity index (χ4n) is 3.29. The number of aryl methyl sites for hydroxylation is 1. The quantitative estimate of drug-likeness (QED) is 0.888. The normalized spacial score (nSPS) is 18.2. The first-order chi connectivity index (χ1) is 11.8. The largest absolute Gasteiger partial charge is 0.371 e. The van der Waals surface area contributed by atoms with Crippen LogP contribution in [0.15, 0.2) is 47.4 Å². The van der Waals surface area contributed by atoms with Crippen LogP contribution >= 0.6 is 0 Å². The van der Waals surface area contributed by atoms with Gasteiger partial charge in [0.25, 0.3) is 10.0 Å². The second-order valence-corrected chi connectivity index (χ2v) is 8.41. The molecule has 0 aliphatic carbocycles. The summed E-state index contributed by atoms with van der Waals surface area (Å²) in [6.07, 6.45) is 2.44. The lowest BCUT2D eigenvalue weighted by atomic mass is 10.00. The van der Waals surface area contributed by atoms with E-state index in [1.54, 1.807) is 19.1 Å². The molecular formula is C19H23FN2O2S. The molecule has 0 spiro atoms. The maximum Gasteiger partial charge on any atom is 0.262 e. The van der Waals surface area contributed by atoms with Crippen LogP contribution in [-0.4, -0.2) is 21.5 Å². The van der Waals surface area contributed by atoms with Crippen LogP contribution in [0.2, 0.25) is 0 Å². The first-order valence-electron chi connectivity index (χ1n) is 8.49. The molecule has 0 aromatic heterocycles. The van der Waals surface area contributed by atoms with E-state index in [1.807, 2.05) is 12.1 Å². The van der Waals surface area contributed by atoms with Gasteiger partial charge in [0.1, 0.15) is 5.82 Å². The Labute approximate surface area is 148 Å². The predicted molar refractivity (Wildman–Crippen MR) is 99.0 cm³/mol. The van der Waals surface area contributed by atoms with E-state index >= 15 is 0 Å². The Morgan fingerprint density at radius 3 is 2.52 bits per heavy atom. The van der Waals surface area contributed by atoms with E-state index in [1.165, 1.54) is 25.0 Å². The van der Waals surface area contributed by atoms with E-state index in [4.69, 9.17) is 0 Å². The summed E-state index contributed by atoms with van der Waals surface area (Å²) in [7, 11) is -3.74. The Kier molecular flexibility index (Phi) is 4.99. The summed E-state index contributed by atoms with van der Waals surface area (Å²) in [5.74, 6) is 0.227. The molecule has 3 rings (SSSR count). The average Bonchev–Trinajstić information content (AvgIpc) is 2.54. The van der Waals surface area contributed by atoms with Gasteiger partial charge < -0.3 is 4.90 Å². The Morgan fingerprint density at radius 1 is 1.16 bits per heavy atom. The van der Waals surface area contributed by atoms with Gasteiger partial charge in [0.2, 0.25) is 0 Å². The number of hydrogen-bond acceptors (Lipinski definition) is 3. The topological polar surface area (TPSA) is 49.4 Å². The molecule has 0 radical (unpaired) electrons. The molecule has 1 aliphatic heterocycles. The fourth-order valence-corrected chi connectivity index (χ4v) is 4.58. The molecule has 1 heterocycles. The number of nitrogens with zero attached hydrogens (tertiary/aromatic N) is 1. The second kappa shape index (κ2) is 7.04. The minimum atomic E-state index is -3.74. The van der Waals surface area contributed by atoms with E-state index in [-0.39, 0.29) is 4.90 Å². The molecule has 1 aliphatic rings. The minimum Gasteiger partial charge on any atom is -0.371 e. The van der Waals surface area contributed by atoms with Gasteiger partial charge in [0.15, 0.2) is 0 Å². The highest BCUT2D eigenvalue weighted by Crippen LogP contribution is 2.26. The SMILES string of the molecule is Cc1cc(F)ccc1S(=O)(=O)Nc1ccc(N2CCCC(C)C2)cc1. The molecule has 1 N–H and O–H groups in total. The second-order valence-electron chi connectivity index (χ2n) is 6.76. The summed E-state index contributed by atoms with van der Waals surface area (Å²) >= 11 is 0. The molecule has 1 atom stereocenters. The molecule has 25 heavy (non-hydrogen) atoms. The summed E-state index contributed by atoms with van der Waals surface area (Å²) in [6.45, 7) is 5.89. The highest BCUT2D eigenvalue weighted by Gasteiger charge is 2.19. The lowest BCUT2D eigenvalue weighted by molar-refractivity contribution is 0.447. The van der Waals surface area contributed by atoms with Crippen molar-refractivity contribution in [2.24, 2.45) is 5.92 Å². The Hall–Kier alpha value is -2.08. The van der Waals surface area contributed by atoms with Gasteiger partial charge in [-0.2, -0.15) is 0 Å². The van der Waals surface area contributed by atoms with E-state index in [2.05, 4.69) is 16.5 Å². The van der Waals surface area contributed by atoms with E-state index in [0.717, 1.165) is 24.8 Å². The molecule has 2 aromatic carbocycles. The van der Waals surface area contributed by atoms with Crippen molar-refractivity contribution in [1.82, 2.24) is 0 Å². The third kappa shape index (κ3) is 4.12. The van der Waals surface area contributed by atoms with Crippen molar-refractivity contribution in [3.63, 3.8) is 0 Å². The van der Waals surface area contributed by atoms with E-state index in [0.29, 0.717) is 17.2 Å². The zero-order valence-corrected chi connectivity index (χ0v) is 15.3. The van der Waals surface area contributed by atoms with Crippen LogP contribution in [0.5, 0.6) is 0 Å². The zero-order chi connectivity index (χ0) is 18.0. The van der Waals surface area contributed by atoms with Crippen molar-refractivity contribution >= 4 is 21.4 Å². The summed E-state index contributed by atoms with van der Waals surface area (Å²) in [6, 6.07) is 11.1. The summed E-state index contributed by atoms with van der Waals surface area (Å²) in [5, 5.41) is 0. The molecular weight excluding hydrogens is 339 g/mol. The number of rotatable bonds is 4. The van der Waals surface area contributed by atoms with Crippen LogP contribution in [0.3, 0.4) is 0 Å². The molecule has 1 saturated heterocycles. The molecule has 0 amide bonds. The Morgan fingerprint density at radius 2 is 1.88 bits per heavy atom. The van der Waals surface area contributed by atoms with Crippen molar-refractivity contribution < 1.29 is 12.8 Å². The van der Waals surface area contributed by atoms with E-state index in [9.17, 15) is 12.8 Å². The molecule has 1 unspecified atom stereocenters. The zero-order valence-electron chi connectivity index (χ0n) is 14.5. The lowest BCUT2D eigenvalue weighted by Gasteiger charge is -2.32. The number of nitrogens with one attached hydrogen (secondary N) is 1. The van der Waals surface area contributed by atoms with Crippen LogP contribution in [-0.2, 0) is 10.0 Å². The van der Waals surface area contributed by atoms with Gasteiger partial charge in [-0.05, 0) is 73.7 Å². The number of benzene rings is 2. The molecule has 134 valence electrons. The maximum atomic E-state index is 13.2. The first-order valence-corrected chi connectivity index (χ1v) is 9.97. The van der Waals surface area contributed by atoms with Crippen LogP contribution in [0.25, 0.3) is 0 Å². The van der Waals surface area contributed by atoms with Gasteiger partial charge >= 0.3 is 0 Å². The van der Waals surface area contributed by atoms with Crippen LogP contribution < -0.4 is 9.62 Å². The van der Waals surface area contributed by atoms with Crippen LogP contribution in [0, 0.1) is 18.7 Å². The van der Waals surface area contributed by atoms with Gasteiger partial charge in [-0.25, -0.2) is 12.8 Å². The van der Waals surface area contributed by atoms with Crippen molar-refractivity contribution in [3.8, 4) is 0 Å². The monoisotopic (exact) mass is 362 g/mol. The molecule has 4 nitrogen and oxygen atoms in total. The number of halogens is 1. The Bertz CT molecular complexity index is 850. The molecule has 2 aromatic rings. The lowest BCUT2D eigenvalue weighted by Crippen LogP contribution is -2.34. The fraction of sp³-hybridized carbons (Fsp3) is 0.368. The highest BCUT2D eigenvalue weighted by atomic mass is 32.2. The van der Waals surface area contributed by atoms with Gasteiger partial charge in [-0.3, -0.25) is 4.72 Å². The standard InChI is InChI=1S/C19H23FN2O2S/c1-14-4-3-11-22(13-14)18-8-6-17(7-9-18)21-25(23,24)19-10-5-16(20)12-15(19)2/h5-10,12,14,21H,3-4,11,13H2,1-2H3. The van der Waals surface area contributed by atoms with Gasteiger partial charge in [-0.1, -0.05) is 6.92 Å². The van der Waals surface area contributed by atoms with Crippen molar-refractivity contribution in [2.45, 2.75) is 31.6 Å². The predicted octanol–water partition coefficient (Wildman–Crippen LogP) is 4.17. The van der Waals surface area contributed by atoms with Crippen LogP contribution in [0.4, 0.5) is 15.8 Å². The number of sulfonamides is 1. The summed E-state index contributed by atoms with van der Waals surface area (Å²) in [5.41, 5.74) is 1.98. The van der Waals surface area contributed by atoms with Crippen molar-refractivity contribution in [3.05, 3.63) is 53.8 Å². The van der Waals surface area contributed by atoms with Crippen molar-refractivity contribution in [2.75, 3.05) is 22.7 Å². The van der Waals surface area contributed by atoms with Gasteiger partial charge in [0.05, 0.1) is 4.90 Å².